The predicted molar refractivity (Wildman–Crippen MR) is 134 cm³/mol. The zero-order valence-corrected chi connectivity index (χ0v) is 20.5. The van der Waals surface area contributed by atoms with E-state index in [-0.39, 0.29) is 28.9 Å². The van der Waals surface area contributed by atoms with Gasteiger partial charge in [0.15, 0.2) is 0 Å². The molecule has 1 unspecified atom stereocenters. The summed E-state index contributed by atoms with van der Waals surface area (Å²) in [6.45, 7) is 3.71. The number of anilines is 2. The number of urea groups is 1. The van der Waals surface area contributed by atoms with Gasteiger partial charge in [0.05, 0.1) is 29.6 Å². The Balaban J connectivity index is 1.46. The molecule has 6 nitrogen and oxygen atoms in total. The first-order chi connectivity index (χ1) is 17.2. The summed E-state index contributed by atoms with van der Waals surface area (Å²) in [7, 11) is 0. The summed E-state index contributed by atoms with van der Waals surface area (Å²) in [5.41, 5.74) is -1.44. The van der Waals surface area contributed by atoms with Crippen LogP contribution in [0.1, 0.15) is 31.7 Å². The minimum Gasteiger partial charge on any atom is -0.370 e. The fourth-order valence-electron chi connectivity index (χ4n) is 4.88. The maximum atomic E-state index is 13.5. The zero-order chi connectivity index (χ0) is 25.4. The molecule has 0 bridgehead atoms. The number of hydrogen-bond donors (Lipinski definition) is 0. The summed E-state index contributed by atoms with van der Waals surface area (Å²) in [6, 6.07) is 11.8. The Kier molecular flexibility index (Phi) is 6.55. The van der Waals surface area contributed by atoms with Crippen molar-refractivity contribution in [2.75, 3.05) is 22.9 Å². The minimum absolute atomic E-state index is 0.00956. The smallest absolute Gasteiger partial charge is 0.370 e. The second-order valence-corrected chi connectivity index (χ2v) is 10.1. The van der Waals surface area contributed by atoms with Crippen molar-refractivity contribution in [3.05, 3.63) is 60.3 Å². The third-order valence-corrected chi connectivity index (χ3v) is 7.44. The van der Waals surface area contributed by atoms with Gasteiger partial charge in [-0.25, -0.2) is 9.69 Å². The lowest BCUT2D eigenvalue weighted by Crippen LogP contribution is -2.35. The van der Waals surface area contributed by atoms with E-state index in [1.807, 2.05) is 30.5 Å². The van der Waals surface area contributed by atoms with Crippen molar-refractivity contribution in [1.29, 1.82) is 0 Å². The van der Waals surface area contributed by atoms with E-state index in [2.05, 4.69) is 9.88 Å². The van der Waals surface area contributed by atoms with Crippen LogP contribution in [0.3, 0.4) is 0 Å². The molecule has 2 aliphatic heterocycles. The highest BCUT2D eigenvalue weighted by atomic mass is 32.2. The Labute approximate surface area is 211 Å². The molecular weight excluding hydrogens is 489 g/mol. The van der Waals surface area contributed by atoms with Gasteiger partial charge in [-0.15, -0.1) is 0 Å². The van der Waals surface area contributed by atoms with Crippen LogP contribution in [0.25, 0.3) is 10.9 Å². The molecule has 0 aliphatic carbocycles. The number of para-hydroxylation sites is 1. The van der Waals surface area contributed by atoms with Crippen LogP contribution >= 0.6 is 11.8 Å². The van der Waals surface area contributed by atoms with E-state index in [1.165, 1.54) is 35.6 Å². The molecule has 2 aliphatic rings. The number of halogens is 3. The normalized spacial score (nSPS) is 19.0. The topological polar surface area (TPSA) is 56.8 Å². The zero-order valence-electron chi connectivity index (χ0n) is 19.7. The monoisotopic (exact) mass is 514 g/mol. The molecule has 3 heterocycles. The molecule has 5 rings (SSSR count). The summed E-state index contributed by atoms with van der Waals surface area (Å²) in [4.78, 5) is 36.1. The number of rotatable bonds is 5. The lowest BCUT2D eigenvalue weighted by Gasteiger charge is -2.32. The number of piperidine rings is 1. The number of pyridine rings is 1. The fourth-order valence-corrected chi connectivity index (χ4v) is 5.42. The maximum Gasteiger partial charge on any atom is 0.446 e. The molecule has 0 spiro atoms. The molecule has 0 radical (unpaired) electrons. The highest BCUT2D eigenvalue weighted by Gasteiger charge is 2.44. The molecule has 1 aromatic heterocycles. The number of amides is 3. The summed E-state index contributed by atoms with van der Waals surface area (Å²) in [5, 5.41) is 0.931. The van der Waals surface area contributed by atoms with Crippen LogP contribution in [0.5, 0.6) is 0 Å². The fraction of sp³-hybridized carbons (Fsp3) is 0.346. The van der Waals surface area contributed by atoms with Gasteiger partial charge >= 0.3 is 11.5 Å². The van der Waals surface area contributed by atoms with Crippen molar-refractivity contribution in [2.45, 2.75) is 49.2 Å². The lowest BCUT2D eigenvalue weighted by atomic mass is 10.0. The number of alkyl halides is 3. The van der Waals surface area contributed by atoms with Crippen LogP contribution in [0.15, 0.2) is 59.6 Å². The Bertz CT molecular complexity index is 1290. The van der Waals surface area contributed by atoms with Crippen molar-refractivity contribution in [2.24, 2.45) is 0 Å². The van der Waals surface area contributed by atoms with E-state index in [0.717, 1.165) is 53.0 Å². The first-order valence-electron chi connectivity index (χ1n) is 11.8. The molecule has 3 aromatic rings. The van der Waals surface area contributed by atoms with Crippen LogP contribution in [-0.2, 0) is 11.3 Å². The Hall–Kier alpha value is -3.27. The first-order valence-corrected chi connectivity index (χ1v) is 12.7. The molecule has 0 N–H and O–H groups in total. The van der Waals surface area contributed by atoms with Gasteiger partial charge in [-0.1, -0.05) is 18.2 Å². The minimum atomic E-state index is -4.41. The largest absolute Gasteiger partial charge is 0.446 e. The van der Waals surface area contributed by atoms with E-state index in [0.29, 0.717) is 0 Å². The molecule has 1 atom stereocenters. The molecule has 3 amide bonds. The van der Waals surface area contributed by atoms with Gasteiger partial charge in [0, 0.05) is 28.9 Å². The summed E-state index contributed by atoms with van der Waals surface area (Å²) < 4.78 is 38.1. The molecule has 2 saturated heterocycles. The summed E-state index contributed by atoms with van der Waals surface area (Å²) in [6.07, 6.45) is 5.20. The number of nitrogens with zero attached hydrogens (tertiary/aromatic N) is 4. The van der Waals surface area contributed by atoms with Gasteiger partial charge in [-0.3, -0.25) is 9.78 Å². The van der Waals surface area contributed by atoms with Gasteiger partial charge in [0.1, 0.15) is 6.04 Å². The number of aromatic nitrogens is 1. The molecule has 2 aromatic carbocycles. The van der Waals surface area contributed by atoms with Crippen molar-refractivity contribution >= 4 is 46.0 Å². The van der Waals surface area contributed by atoms with E-state index in [9.17, 15) is 22.8 Å². The summed E-state index contributed by atoms with van der Waals surface area (Å²) in [5.74, 6) is -0.408. The number of carbonyl (C=O) groups is 2. The highest BCUT2D eigenvalue weighted by Crippen LogP contribution is 2.38. The highest BCUT2D eigenvalue weighted by molar-refractivity contribution is 8.00. The summed E-state index contributed by atoms with van der Waals surface area (Å²) >= 11 is -0.237. The average Bonchev–Trinajstić information content (AvgIpc) is 3.07. The Morgan fingerprint density at radius 2 is 1.69 bits per heavy atom. The van der Waals surface area contributed by atoms with E-state index >= 15 is 0 Å². The van der Waals surface area contributed by atoms with Crippen molar-refractivity contribution in [3.8, 4) is 0 Å². The molecule has 2 fully saturated rings. The molecule has 10 heteroatoms. The number of thioether (sulfide) groups is 1. The third-order valence-electron chi connectivity index (χ3n) is 6.70. The van der Waals surface area contributed by atoms with Crippen LogP contribution in [0.2, 0.25) is 0 Å². The standard InChI is InChI=1S/C26H25F3N4O2S/c1-17-24(34)33(18-9-11-19(12-10-18)36-26(27,28)29)25(35)32(17)16-21-20-7-3-4-8-22(20)30-15-23(21)31-13-5-2-6-14-31/h3-4,7-12,15,17H,2,5-6,13-14,16H2,1H3. The molecule has 0 saturated carbocycles. The third kappa shape index (κ3) is 4.74. The molecular formula is C26H25F3N4O2S. The van der Waals surface area contributed by atoms with Crippen molar-refractivity contribution in [3.63, 3.8) is 0 Å². The second kappa shape index (κ2) is 9.65. The molecule has 188 valence electrons. The average molecular weight is 515 g/mol. The number of fused-ring (bicyclic) bond motifs is 1. The number of hydrogen-bond acceptors (Lipinski definition) is 5. The van der Waals surface area contributed by atoms with E-state index < -0.39 is 23.5 Å². The van der Waals surface area contributed by atoms with Crippen LogP contribution in [-0.4, -0.2) is 46.5 Å². The first kappa shape index (κ1) is 24.4. The van der Waals surface area contributed by atoms with E-state index in [1.54, 1.807) is 6.92 Å². The Morgan fingerprint density at radius 3 is 2.39 bits per heavy atom. The quantitative estimate of drug-likeness (QED) is 0.300. The van der Waals surface area contributed by atoms with Crippen LogP contribution in [0, 0.1) is 0 Å². The SMILES string of the molecule is CC1C(=O)N(c2ccc(SC(F)(F)F)cc2)C(=O)N1Cc1c(N2CCCCC2)cnc2ccccc12. The van der Waals surface area contributed by atoms with Gasteiger partial charge in [-0.2, -0.15) is 13.2 Å². The van der Waals surface area contributed by atoms with E-state index in [4.69, 9.17) is 0 Å². The Morgan fingerprint density at radius 1 is 1.00 bits per heavy atom. The number of imide groups is 1. The van der Waals surface area contributed by atoms with Gasteiger partial charge < -0.3 is 9.80 Å². The van der Waals surface area contributed by atoms with Gasteiger partial charge in [-0.05, 0) is 68.3 Å². The van der Waals surface area contributed by atoms with Crippen molar-refractivity contribution < 1.29 is 22.8 Å². The van der Waals surface area contributed by atoms with Gasteiger partial charge in [0.25, 0.3) is 5.91 Å². The van der Waals surface area contributed by atoms with Crippen LogP contribution in [0.4, 0.5) is 29.3 Å². The van der Waals surface area contributed by atoms with Gasteiger partial charge in [0.2, 0.25) is 0 Å². The number of benzene rings is 2. The predicted octanol–water partition coefficient (Wildman–Crippen LogP) is 6.19. The molecule has 36 heavy (non-hydrogen) atoms. The second-order valence-electron chi connectivity index (χ2n) is 8.99. The maximum absolute atomic E-state index is 13.5. The van der Waals surface area contributed by atoms with Crippen LogP contribution < -0.4 is 9.80 Å². The lowest BCUT2D eigenvalue weighted by molar-refractivity contribution is -0.119. The number of carbonyl (C=O) groups excluding carboxylic acids is 2. The van der Waals surface area contributed by atoms with Crippen molar-refractivity contribution in [1.82, 2.24) is 9.88 Å².